The van der Waals surface area contributed by atoms with Crippen LogP contribution in [0.25, 0.3) is 0 Å². The maximum absolute atomic E-state index is 11.0. The maximum atomic E-state index is 11.0. The van der Waals surface area contributed by atoms with Gasteiger partial charge in [0.2, 0.25) is 5.91 Å². The summed E-state index contributed by atoms with van der Waals surface area (Å²) in [6.07, 6.45) is 2.31. The zero-order valence-electron chi connectivity index (χ0n) is 9.90. The Morgan fingerprint density at radius 3 is 2.88 bits per heavy atom. The highest BCUT2D eigenvalue weighted by Crippen LogP contribution is 2.15. The van der Waals surface area contributed by atoms with Crippen LogP contribution in [-0.2, 0) is 0 Å². The van der Waals surface area contributed by atoms with Crippen molar-refractivity contribution in [2.24, 2.45) is 11.7 Å². The summed E-state index contributed by atoms with van der Waals surface area (Å²) < 4.78 is 5.60. The lowest BCUT2D eigenvalue weighted by Gasteiger charge is -2.12. The molecule has 1 rings (SSSR count). The molecule has 0 aliphatic rings. The van der Waals surface area contributed by atoms with Crippen LogP contribution in [0.5, 0.6) is 5.75 Å². The second-order valence-electron chi connectivity index (χ2n) is 4.10. The molecule has 1 amide bonds. The molecule has 0 fully saturated rings. The highest BCUT2D eigenvalue weighted by Gasteiger charge is 2.04. The third kappa shape index (κ3) is 3.93. The normalized spacial score (nSPS) is 12.1. The van der Waals surface area contributed by atoms with Crippen LogP contribution in [0.15, 0.2) is 24.3 Å². The Morgan fingerprint density at radius 2 is 2.25 bits per heavy atom. The minimum Gasteiger partial charge on any atom is -0.493 e. The molecule has 0 radical (unpaired) electrons. The van der Waals surface area contributed by atoms with E-state index in [9.17, 15) is 4.79 Å². The topological polar surface area (TPSA) is 52.3 Å². The molecule has 1 unspecified atom stereocenters. The van der Waals surface area contributed by atoms with Crippen LogP contribution < -0.4 is 10.5 Å². The Morgan fingerprint density at radius 1 is 1.50 bits per heavy atom. The summed E-state index contributed by atoms with van der Waals surface area (Å²) in [5.74, 6) is 0.813. The highest BCUT2D eigenvalue weighted by atomic mass is 16.5. The number of hydrogen-bond acceptors (Lipinski definition) is 2. The largest absolute Gasteiger partial charge is 0.493 e. The quantitative estimate of drug-likeness (QED) is 0.802. The molecule has 0 aromatic heterocycles. The van der Waals surface area contributed by atoms with E-state index in [2.05, 4.69) is 13.8 Å². The fourth-order valence-corrected chi connectivity index (χ4v) is 1.55. The van der Waals surface area contributed by atoms with Gasteiger partial charge in [0.1, 0.15) is 5.75 Å². The number of amides is 1. The van der Waals surface area contributed by atoms with E-state index in [0.717, 1.165) is 12.8 Å². The summed E-state index contributed by atoms with van der Waals surface area (Å²) in [6.45, 7) is 4.99. The van der Waals surface area contributed by atoms with E-state index in [4.69, 9.17) is 10.5 Å². The summed E-state index contributed by atoms with van der Waals surface area (Å²) in [5.41, 5.74) is 5.68. The van der Waals surface area contributed by atoms with Crippen LogP contribution >= 0.6 is 0 Å². The third-order valence-electron chi connectivity index (χ3n) is 2.43. The average Bonchev–Trinajstić information content (AvgIpc) is 2.27. The second-order valence-corrected chi connectivity index (χ2v) is 4.10. The van der Waals surface area contributed by atoms with Crippen LogP contribution in [0.3, 0.4) is 0 Å². The van der Waals surface area contributed by atoms with E-state index in [1.807, 2.05) is 6.07 Å². The van der Waals surface area contributed by atoms with Gasteiger partial charge in [-0.3, -0.25) is 4.79 Å². The van der Waals surface area contributed by atoms with Gasteiger partial charge in [-0.05, 0) is 30.5 Å². The summed E-state index contributed by atoms with van der Waals surface area (Å²) in [5, 5.41) is 0. The Labute approximate surface area is 96.6 Å². The lowest BCUT2D eigenvalue weighted by Crippen LogP contribution is -2.12. The number of primary amides is 1. The number of nitrogens with two attached hydrogens (primary N) is 1. The number of ether oxygens (including phenoxy) is 1. The monoisotopic (exact) mass is 221 g/mol. The smallest absolute Gasteiger partial charge is 0.248 e. The minimum absolute atomic E-state index is 0.424. The molecule has 0 aliphatic heterocycles. The maximum Gasteiger partial charge on any atom is 0.248 e. The Balaban J connectivity index is 2.54. The van der Waals surface area contributed by atoms with E-state index < -0.39 is 5.91 Å². The zero-order chi connectivity index (χ0) is 12.0. The van der Waals surface area contributed by atoms with Gasteiger partial charge in [0.05, 0.1) is 6.61 Å². The first-order chi connectivity index (χ1) is 7.63. The summed E-state index contributed by atoms with van der Waals surface area (Å²) in [6, 6.07) is 6.98. The van der Waals surface area contributed by atoms with Crippen molar-refractivity contribution in [3.05, 3.63) is 29.8 Å². The van der Waals surface area contributed by atoms with Gasteiger partial charge in [0.15, 0.2) is 0 Å². The number of benzene rings is 1. The zero-order valence-corrected chi connectivity index (χ0v) is 9.90. The summed E-state index contributed by atoms with van der Waals surface area (Å²) in [4.78, 5) is 11.0. The van der Waals surface area contributed by atoms with E-state index in [-0.39, 0.29) is 0 Å². The van der Waals surface area contributed by atoms with Gasteiger partial charge >= 0.3 is 0 Å². The predicted octanol–water partition coefficient (Wildman–Crippen LogP) is 2.60. The molecule has 88 valence electrons. The molecule has 0 bridgehead atoms. The minimum atomic E-state index is -0.424. The van der Waals surface area contributed by atoms with Gasteiger partial charge in [0.25, 0.3) is 0 Å². The fourth-order valence-electron chi connectivity index (χ4n) is 1.55. The van der Waals surface area contributed by atoms with Crippen molar-refractivity contribution < 1.29 is 9.53 Å². The lowest BCUT2D eigenvalue weighted by atomic mass is 10.1. The van der Waals surface area contributed by atoms with Crippen LogP contribution in [0.2, 0.25) is 0 Å². The molecular formula is C13H19NO2. The van der Waals surface area contributed by atoms with Gasteiger partial charge in [-0.2, -0.15) is 0 Å². The Hall–Kier alpha value is -1.51. The van der Waals surface area contributed by atoms with Crippen molar-refractivity contribution in [3.63, 3.8) is 0 Å². The fraction of sp³-hybridized carbons (Fsp3) is 0.462. The SMILES string of the molecule is CCCC(C)COc1cccc(C(N)=O)c1. The van der Waals surface area contributed by atoms with Crippen LogP contribution in [0.1, 0.15) is 37.0 Å². The summed E-state index contributed by atoms with van der Waals surface area (Å²) >= 11 is 0. The molecule has 1 atom stereocenters. The molecule has 1 aromatic rings. The van der Waals surface area contributed by atoms with Gasteiger partial charge < -0.3 is 10.5 Å². The molecule has 16 heavy (non-hydrogen) atoms. The first kappa shape index (κ1) is 12.6. The van der Waals surface area contributed by atoms with Crippen molar-refractivity contribution in [1.29, 1.82) is 0 Å². The number of carbonyl (C=O) groups excluding carboxylic acids is 1. The highest BCUT2D eigenvalue weighted by molar-refractivity contribution is 5.93. The van der Waals surface area contributed by atoms with E-state index in [0.29, 0.717) is 23.8 Å². The second kappa shape index (κ2) is 6.16. The van der Waals surface area contributed by atoms with Crippen molar-refractivity contribution in [2.45, 2.75) is 26.7 Å². The van der Waals surface area contributed by atoms with Crippen LogP contribution in [-0.4, -0.2) is 12.5 Å². The molecule has 2 N–H and O–H groups in total. The van der Waals surface area contributed by atoms with Gasteiger partial charge in [0, 0.05) is 5.56 Å². The van der Waals surface area contributed by atoms with Crippen molar-refractivity contribution in [2.75, 3.05) is 6.61 Å². The van der Waals surface area contributed by atoms with Crippen molar-refractivity contribution >= 4 is 5.91 Å². The predicted molar refractivity (Wildman–Crippen MR) is 64.5 cm³/mol. The third-order valence-corrected chi connectivity index (χ3v) is 2.43. The standard InChI is InChI=1S/C13H19NO2/c1-3-5-10(2)9-16-12-7-4-6-11(8-12)13(14)15/h4,6-8,10H,3,5,9H2,1-2H3,(H2,14,15). The van der Waals surface area contributed by atoms with Crippen LogP contribution in [0.4, 0.5) is 0 Å². The molecule has 3 heteroatoms. The first-order valence-corrected chi connectivity index (χ1v) is 5.66. The molecule has 0 aliphatic carbocycles. The number of carbonyl (C=O) groups is 1. The number of hydrogen-bond donors (Lipinski definition) is 1. The molecule has 0 saturated heterocycles. The van der Waals surface area contributed by atoms with Gasteiger partial charge in [-0.1, -0.05) is 26.3 Å². The van der Waals surface area contributed by atoms with E-state index in [1.54, 1.807) is 18.2 Å². The molecule has 0 spiro atoms. The van der Waals surface area contributed by atoms with Crippen molar-refractivity contribution in [3.8, 4) is 5.75 Å². The molecule has 0 saturated carbocycles. The summed E-state index contributed by atoms with van der Waals surface area (Å²) in [7, 11) is 0. The van der Waals surface area contributed by atoms with Gasteiger partial charge in [-0.15, -0.1) is 0 Å². The lowest BCUT2D eigenvalue weighted by molar-refractivity contribution is 0.1000. The Bertz CT molecular complexity index is 350. The Kier molecular flexibility index (Phi) is 4.83. The van der Waals surface area contributed by atoms with Crippen molar-refractivity contribution in [1.82, 2.24) is 0 Å². The number of rotatable bonds is 6. The van der Waals surface area contributed by atoms with Gasteiger partial charge in [-0.25, -0.2) is 0 Å². The molecule has 3 nitrogen and oxygen atoms in total. The van der Waals surface area contributed by atoms with E-state index in [1.165, 1.54) is 0 Å². The molecule has 1 aromatic carbocycles. The average molecular weight is 221 g/mol. The molecular weight excluding hydrogens is 202 g/mol. The molecule has 0 heterocycles. The van der Waals surface area contributed by atoms with Crippen LogP contribution in [0, 0.1) is 5.92 Å². The first-order valence-electron chi connectivity index (χ1n) is 5.66. The van der Waals surface area contributed by atoms with E-state index >= 15 is 0 Å².